The zero-order valence-electron chi connectivity index (χ0n) is 11.9. The summed E-state index contributed by atoms with van der Waals surface area (Å²) >= 11 is 0. The van der Waals surface area contributed by atoms with E-state index in [2.05, 4.69) is 0 Å². The van der Waals surface area contributed by atoms with Gasteiger partial charge < -0.3 is 4.74 Å². The van der Waals surface area contributed by atoms with E-state index < -0.39 is 33.1 Å². The third kappa shape index (κ3) is 7.09. The average Bonchev–Trinajstić information content (AvgIpc) is 2.19. The summed E-state index contributed by atoms with van der Waals surface area (Å²) in [5.41, 5.74) is -6.05. The number of hydrogen-bond donors (Lipinski definition) is 1. The van der Waals surface area contributed by atoms with Crippen molar-refractivity contribution in [1.82, 2.24) is 4.72 Å². The van der Waals surface area contributed by atoms with Gasteiger partial charge in [-0.1, -0.05) is 6.92 Å². The van der Waals surface area contributed by atoms with E-state index in [-0.39, 0.29) is 19.3 Å². The minimum Gasteiger partial charge on any atom is -0.460 e. The van der Waals surface area contributed by atoms with Gasteiger partial charge in [0.2, 0.25) is 0 Å². The molecule has 20 heavy (non-hydrogen) atoms. The SMILES string of the molecule is CCC(CCC(=O)OC(C)(C)C)NS(=O)(=O)C(F)(F)F. The van der Waals surface area contributed by atoms with Crippen LogP contribution in [0.1, 0.15) is 47.0 Å². The highest BCUT2D eigenvalue weighted by molar-refractivity contribution is 7.90. The Bertz CT molecular complexity index is 426. The Morgan fingerprint density at radius 1 is 1.25 bits per heavy atom. The number of nitrogens with one attached hydrogen (secondary N) is 1. The minimum absolute atomic E-state index is 0.0548. The molecule has 0 aliphatic carbocycles. The first-order valence-corrected chi connectivity index (χ1v) is 7.57. The lowest BCUT2D eigenvalue weighted by molar-refractivity contribution is -0.155. The van der Waals surface area contributed by atoms with Crippen molar-refractivity contribution in [2.75, 3.05) is 0 Å². The van der Waals surface area contributed by atoms with Gasteiger partial charge in [0.25, 0.3) is 0 Å². The maximum atomic E-state index is 12.2. The van der Waals surface area contributed by atoms with Crippen molar-refractivity contribution in [2.24, 2.45) is 0 Å². The molecule has 0 spiro atoms. The molecular weight excluding hydrogens is 299 g/mol. The maximum absolute atomic E-state index is 12.2. The molecule has 0 heterocycles. The normalized spacial score (nSPS) is 14.9. The van der Waals surface area contributed by atoms with Crippen molar-refractivity contribution in [3.05, 3.63) is 0 Å². The van der Waals surface area contributed by atoms with Crippen LogP contribution in [0.5, 0.6) is 0 Å². The second kappa shape index (κ2) is 6.75. The number of alkyl halides is 3. The molecule has 120 valence electrons. The summed E-state index contributed by atoms with van der Waals surface area (Å²) in [4.78, 5) is 11.4. The number of sulfonamides is 1. The van der Waals surface area contributed by atoms with E-state index in [1.165, 1.54) is 6.92 Å². The van der Waals surface area contributed by atoms with Gasteiger partial charge in [-0.05, 0) is 33.6 Å². The smallest absolute Gasteiger partial charge is 0.460 e. The summed E-state index contributed by atoms with van der Waals surface area (Å²) in [6.07, 6.45) is -0.0744. The van der Waals surface area contributed by atoms with Crippen LogP contribution in [0.25, 0.3) is 0 Å². The Morgan fingerprint density at radius 3 is 2.10 bits per heavy atom. The van der Waals surface area contributed by atoms with Gasteiger partial charge in [-0.15, -0.1) is 0 Å². The Morgan fingerprint density at radius 2 is 1.75 bits per heavy atom. The van der Waals surface area contributed by atoms with Gasteiger partial charge in [0.1, 0.15) is 5.60 Å². The van der Waals surface area contributed by atoms with Gasteiger partial charge in [0.05, 0.1) is 0 Å². The van der Waals surface area contributed by atoms with Crippen LogP contribution in [0.3, 0.4) is 0 Å². The van der Waals surface area contributed by atoms with Gasteiger partial charge in [-0.3, -0.25) is 4.79 Å². The fourth-order valence-electron chi connectivity index (χ4n) is 1.32. The summed E-state index contributed by atoms with van der Waals surface area (Å²) in [7, 11) is -5.39. The van der Waals surface area contributed by atoms with Gasteiger partial charge in [-0.25, -0.2) is 13.1 Å². The van der Waals surface area contributed by atoms with Crippen LogP contribution in [-0.2, 0) is 19.6 Å². The molecule has 0 aliphatic heterocycles. The zero-order valence-corrected chi connectivity index (χ0v) is 12.7. The van der Waals surface area contributed by atoms with Crippen LogP contribution >= 0.6 is 0 Å². The van der Waals surface area contributed by atoms with Crippen molar-refractivity contribution in [3.63, 3.8) is 0 Å². The molecule has 0 fully saturated rings. The topological polar surface area (TPSA) is 72.5 Å². The van der Waals surface area contributed by atoms with Crippen molar-refractivity contribution in [3.8, 4) is 0 Å². The van der Waals surface area contributed by atoms with Gasteiger partial charge in [-0.2, -0.15) is 13.2 Å². The zero-order chi connectivity index (χ0) is 16.2. The Balaban J connectivity index is 4.49. The van der Waals surface area contributed by atoms with E-state index in [0.29, 0.717) is 0 Å². The number of halogens is 3. The van der Waals surface area contributed by atoms with Crippen LogP contribution in [0, 0.1) is 0 Å². The molecular formula is C11H20F3NO4S. The number of ether oxygens (including phenoxy) is 1. The standard InChI is InChI=1S/C11H20F3NO4S/c1-5-8(15-20(17,18)11(12,13)14)6-7-9(16)19-10(2,3)4/h8,15H,5-7H2,1-4H3. The molecule has 1 unspecified atom stereocenters. The fraction of sp³-hybridized carbons (Fsp3) is 0.909. The first-order valence-electron chi connectivity index (χ1n) is 6.09. The second-order valence-electron chi connectivity index (χ2n) is 5.30. The molecule has 0 saturated heterocycles. The van der Waals surface area contributed by atoms with Crippen LogP contribution in [0.2, 0.25) is 0 Å². The number of esters is 1. The number of rotatable bonds is 6. The van der Waals surface area contributed by atoms with Crippen LogP contribution in [0.15, 0.2) is 0 Å². The molecule has 0 aromatic carbocycles. The van der Waals surface area contributed by atoms with Crippen LogP contribution in [-0.4, -0.2) is 31.5 Å². The summed E-state index contributed by atoms with van der Waals surface area (Å²) in [5.74, 6) is -0.581. The van der Waals surface area contributed by atoms with E-state index >= 15 is 0 Å². The van der Waals surface area contributed by atoms with Crippen molar-refractivity contribution in [1.29, 1.82) is 0 Å². The van der Waals surface area contributed by atoms with Gasteiger partial charge in [0, 0.05) is 12.5 Å². The summed E-state index contributed by atoms with van der Waals surface area (Å²) < 4.78 is 65.0. The highest BCUT2D eigenvalue weighted by atomic mass is 32.2. The first kappa shape index (κ1) is 19.2. The van der Waals surface area contributed by atoms with E-state index in [1.54, 1.807) is 25.5 Å². The average molecular weight is 319 g/mol. The molecule has 9 heteroatoms. The quantitative estimate of drug-likeness (QED) is 0.763. The first-order chi connectivity index (χ1) is 8.78. The second-order valence-corrected chi connectivity index (χ2v) is 7.00. The Labute approximate surface area is 116 Å². The predicted octanol–water partition coefficient (Wildman–Crippen LogP) is 2.33. The Kier molecular flexibility index (Phi) is 6.47. The molecule has 0 aromatic heterocycles. The van der Waals surface area contributed by atoms with E-state index in [4.69, 9.17) is 4.74 Å². The highest BCUT2D eigenvalue weighted by Gasteiger charge is 2.46. The van der Waals surface area contributed by atoms with Crippen LogP contribution in [0.4, 0.5) is 13.2 Å². The number of carbonyl (C=O) groups is 1. The third-order valence-electron chi connectivity index (χ3n) is 2.24. The van der Waals surface area contributed by atoms with E-state index in [9.17, 15) is 26.4 Å². The molecule has 5 nitrogen and oxygen atoms in total. The largest absolute Gasteiger partial charge is 0.511 e. The van der Waals surface area contributed by atoms with E-state index in [0.717, 1.165) is 0 Å². The number of hydrogen-bond acceptors (Lipinski definition) is 4. The third-order valence-corrected chi connectivity index (χ3v) is 3.49. The summed E-state index contributed by atoms with van der Waals surface area (Å²) in [5, 5.41) is 0. The molecule has 0 radical (unpaired) electrons. The molecule has 0 bridgehead atoms. The van der Waals surface area contributed by atoms with Crippen LogP contribution < -0.4 is 4.72 Å². The van der Waals surface area contributed by atoms with Gasteiger partial charge in [0.15, 0.2) is 0 Å². The molecule has 0 aromatic rings. The molecule has 0 rings (SSSR count). The lowest BCUT2D eigenvalue weighted by atomic mass is 10.1. The predicted molar refractivity (Wildman–Crippen MR) is 67.3 cm³/mol. The Hall–Kier alpha value is -0.830. The van der Waals surface area contributed by atoms with Crippen molar-refractivity contribution >= 4 is 16.0 Å². The van der Waals surface area contributed by atoms with Gasteiger partial charge >= 0.3 is 21.5 Å². The lowest BCUT2D eigenvalue weighted by Crippen LogP contribution is -2.42. The molecule has 0 aliphatic rings. The summed E-state index contributed by atoms with van der Waals surface area (Å²) in [6.45, 7) is 6.51. The van der Waals surface area contributed by atoms with Crippen molar-refractivity contribution < 1.29 is 31.1 Å². The minimum atomic E-state index is -5.39. The fourth-order valence-corrected chi connectivity index (χ4v) is 2.17. The lowest BCUT2D eigenvalue weighted by Gasteiger charge is -2.21. The molecule has 1 N–H and O–H groups in total. The van der Waals surface area contributed by atoms with E-state index in [1.807, 2.05) is 0 Å². The van der Waals surface area contributed by atoms with Crippen molar-refractivity contribution in [2.45, 2.75) is 64.1 Å². The molecule has 1 atom stereocenters. The molecule has 0 amide bonds. The molecule has 0 saturated carbocycles. The monoisotopic (exact) mass is 319 g/mol. The number of carbonyl (C=O) groups excluding carboxylic acids is 1. The summed E-state index contributed by atoms with van der Waals surface area (Å²) in [6, 6.07) is -0.964. The highest BCUT2D eigenvalue weighted by Crippen LogP contribution is 2.23. The maximum Gasteiger partial charge on any atom is 0.511 e.